The van der Waals surface area contributed by atoms with Crippen molar-refractivity contribution in [2.75, 3.05) is 11.9 Å². The molecule has 1 saturated carbocycles. The van der Waals surface area contributed by atoms with Gasteiger partial charge in [0.1, 0.15) is 0 Å². The molecule has 98 valence electrons. The van der Waals surface area contributed by atoms with Crippen LogP contribution in [0.3, 0.4) is 0 Å². The van der Waals surface area contributed by atoms with Crippen molar-refractivity contribution in [1.82, 2.24) is 4.98 Å². The number of pyridine rings is 1. The van der Waals surface area contributed by atoms with Crippen LogP contribution in [0, 0.1) is 17.0 Å². The summed E-state index contributed by atoms with van der Waals surface area (Å²) in [6, 6.07) is 1.48. The van der Waals surface area contributed by atoms with E-state index >= 15 is 0 Å². The van der Waals surface area contributed by atoms with Crippen LogP contribution in [-0.2, 0) is 0 Å². The van der Waals surface area contributed by atoms with E-state index in [-0.39, 0.29) is 11.5 Å². The molecule has 1 heterocycles. The van der Waals surface area contributed by atoms with Crippen molar-refractivity contribution in [1.29, 1.82) is 0 Å². The molecule has 1 aromatic rings. The first-order valence-electron chi connectivity index (χ1n) is 6.07. The van der Waals surface area contributed by atoms with Gasteiger partial charge in [-0.25, -0.2) is 4.98 Å². The maximum absolute atomic E-state index is 10.9. The lowest BCUT2D eigenvalue weighted by molar-refractivity contribution is -0.384. The Morgan fingerprint density at radius 1 is 1.56 bits per heavy atom. The molecule has 2 N–H and O–H groups in total. The highest BCUT2D eigenvalue weighted by atomic mass is 16.6. The minimum atomic E-state index is -0.750. The molecule has 0 amide bonds. The first-order valence-corrected chi connectivity index (χ1v) is 6.07. The molecular weight excluding hydrogens is 234 g/mol. The van der Waals surface area contributed by atoms with Gasteiger partial charge in [0, 0.05) is 18.8 Å². The average molecular weight is 251 g/mol. The Morgan fingerprint density at radius 3 is 2.83 bits per heavy atom. The van der Waals surface area contributed by atoms with Crippen molar-refractivity contribution in [3.05, 3.63) is 27.9 Å². The zero-order valence-electron chi connectivity index (χ0n) is 10.3. The second-order valence-corrected chi connectivity index (χ2v) is 4.92. The van der Waals surface area contributed by atoms with E-state index in [1.165, 1.54) is 6.07 Å². The lowest BCUT2D eigenvalue weighted by Gasteiger charge is -2.22. The summed E-state index contributed by atoms with van der Waals surface area (Å²) >= 11 is 0. The normalized spacial score (nSPS) is 17.7. The van der Waals surface area contributed by atoms with Crippen LogP contribution in [0.4, 0.5) is 11.5 Å². The van der Waals surface area contributed by atoms with Crippen molar-refractivity contribution in [3.63, 3.8) is 0 Å². The molecule has 18 heavy (non-hydrogen) atoms. The Morgan fingerprint density at radius 2 is 2.22 bits per heavy atom. The molecule has 0 atom stereocenters. The molecule has 0 aliphatic heterocycles. The van der Waals surface area contributed by atoms with Gasteiger partial charge in [0.25, 0.3) is 0 Å². The Hall–Kier alpha value is -1.69. The van der Waals surface area contributed by atoms with Gasteiger partial charge in [-0.05, 0) is 25.3 Å². The molecule has 6 heteroatoms. The van der Waals surface area contributed by atoms with Crippen molar-refractivity contribution in [2.24, 2.45) is 0 Å². The van der Waals surface area contributed by atoms with Gasteiger partial charge < -0.3 is 10.4 Å². The van der Waals surface area contributed by atoms with Crippen LogP contribution in [0.1, 0.15) is 31.2 Å². The second-order valence-electron chi connectivity index (χ2n) is 4.92. The van der Waals surface area contributed by atoms with Gasteiger partial charge in [-0.3, -0.25) is 10.1 Å². The molecule has 2 rings (SSSR count). The molecule has 1 aromatic heterocycles. The van der Waals surface area contributed by atoms with Gasteiger partial charge in [-0.1, -0.05) is 12.8 Å². The minimum absolute atomic E-state index is 0.0448. The number of nitro groups is 1. The third-order valence-electron chi connectivity index (χ3n) is 3.32. The van der Waals surface area contributed by atoms with Crippen LogP contribution in [-0.4, -0.2) is 27.2 Å². The third kappa shape index (κ3) is 2.76. The van der Waals surface area contributed by atoms with Crippen LogP contribution in [0.2, 0.25) is 0 Å². The fourth-order valence-corrected chi connectivity index (χ4v) is 2.29. The van der Waals surface area contributed by atoms with Gasteiger partial charge >= 0.3 is 5.69 Å². The highest BCUT2D eigenvalue weighted by Crippen LogP contribution is 2.30. The van der Waals surface area contributed by atoms with Crippen molar-refractivity contribution in [2.45, 2.75) is 38.2 Å². The average Bonchev–Trinajstić information content (AvgIpc) is 2.75. The van der Waals surface area contributed by atoms with E-state index in [9.17, 15) is 15.2 Å². The molecule has 0 aromatic carbocycles. The van der Waals surface area contributed by atoms with Gasteiger partial charge in [0.2, 0.25) is 5.82 Å². The summed E-state index contributed by atoms with van der Waals surface area (Å²) < 4.78 is 0. The van der Waals surface area contributed by atoms with Gasteiger partial charge in [0.05, 0.1) is 10.5 Å². The summed E-state index contributed by atoms with van der Waals surface area (Å²) in [6.45, 7) is 2.07. The largest absolute Gasteiger partial charge is 0.388 e. The zero-order chi connectivity index (χ0) is 13.2. The Kier molecular flexibility index (Phi) is 3.47. The second kappa shape index (κ2) is 4.89. The minimum Gasteiger partial charge on any atom is -0.388 e. The molecule has 6 nitrogen and oxygen atoms in total. The van der Waals surface area contributed by atoms with Crippen LogP contribution < -0.4 is 5.32 Å². The van der Waals surface area contributed by atoms with Crippen molar-refractivity contribution in [3.8, 4) is 0 Å². The zero-order valence-corrected chi connectivity index (χ0v) is 10.3. The van der Waals surface area contributed by atoms with Gasteiger partial charge in [-0.2, -0.15) is 0 Å². The fourth-order valence-electron chi connectivity index (χ4n) is 2.29. The Balaban J connectivity index is 2.11. The van der Waals surface area contributed by atoms with Gasteiger partial charge in [-0.15, -0.1) is 0 Å². The number of hydrogen-bond donors (Lipinski definition) is 2. The predicted octanol–water partition coefficient (Wildman–Crippen LogP) is 2.02. The number of hydrogen-bond acceptors (Lipinski definition) is 5. The maximum Gasteiger partial charge on any atom is 0.311 e. The van der Waals surface area contributed by atoms with Gasteiger partial charge in [0.15, 0.2) is 0 Å². The standard InChI is InChI=1S/C12H17N3O3/c1-9-6-10(15(17)18)11(13-7-9)14-8-12(16)4-2-3-5-12/h6-7,16H,2-5,8H2,1H3,(H,13,14). The number of nitrogens with zero attached hydrogens (tertiary/aromatic N) is 2. The number of aromatic nitrogens is 1. The quantitative estimate of drug-likeness (QED) is 0.631. The maximum atomic E-state index is 10.9. The van der Waals surface area contributed by atoms with E-state index in [1.54, 1.807) is 13.1 Å². The lowest BCUT2D eigenvalue weighted by atomic mass is 10.0. The van der Waals surface area contributed by atoms with E-state index in [1.807, 2.05) is 0 Å². The first-order chi connectivity index (χ1) is 8.50. The number of rotatable bonds is 4. The molecule has 0 spiro atoms. The Labute approximate surface area is 105 Å². The summed E-state index contributed by atoms with van der Waals surface area (Å²) in [5.74, 6) is 0.228. The summed E-state index contributed by atoms with van der Waals surface area (Å²) in [5, 5.41) is 24.0. The molecule has 0 bridgehead atoms. The SMILES string of the molecule is Cc1cnc(NCC2(O)CCCC2)c([N+](=O)[O-])c1. The van der Waals surface area contributed by atoms with E-state index < -0.39 is 10.5 Å². The van der Waals surface area contributed by atoms with Crippen LogP contribution >= 0.6 is 0 Å². The molecule has 0 unspecified atom stereocenters. The predicted molar refractivity (Wildman–Crippen MR) is 67.5 cm³/mol. The van der Waals surface area contributed by atoms with E-state index in [2.05, 4.69) is 10.3 Å². The molecule has 1 aliphatic rings. The van der Waals surface area contributed by atoms with Crippen molar-refractivity contribution >= 4 is 11.5 Å². The number of anilines is 1. The highest BCUT2D eigenvalue weighted by molar-refractivity contribution is 5.56. The third-order valence-corrected chi connectivity index (χ3v) is 3.32. The van der Waals surface area contributed by atoms with E-state index in [0.29, 0.717) is 6.54 Å². The summed E-state index contributed by atoms with van der Waals surface area (Å²) in [6.07, 6.45) is 5.05. The fraction of sp³-hybridized carbons (Fsp3) is 0.583. The molecule has 1 fully saturated rings. The number of nitrogens with one attached hydrogen (secondary N) is 1. The summed E-state index contributed by atoms with van der Waals surface area (Å²) in [4.78, 5) is 14.5. The smallest absolute Gasteiger partial charge is 0.311 e. The van der Waals surface area contributed by atoms with Crippen molar-refractivity contribution < 1.29 is 10.0 Å². The molecule has 1 aliphatic carbocycles. The van der Waals surface area contributed by atoms with Crippen LogP contribution in [0.15, 0.2) is 12.3 Å². The topological polar surface area (TPSA) is 88.3 Å². The Bertz CT molecular complexity index is 456. The number of aliphatic hydroxyl groups is 1. The lowest BCUT2D eigenvalue weighted by Crippen LogP contribution is -2.33. The molecular formula is C12H17N3O3. The highest BCUT2D eigenvalue weighted by Gasteiger charge is 2.31. The molecule has 0 saturated heterocycles. The monoisotopic (exact) mass is 251 g/mol. The summed E-state index contributed by atoms with van der Waals surface area (Å²) in [7, 11) is 0. The first kappa shape index (κ1) is 12.8. The summed E-state index contributed by atoms with van der Waals surface area (Å²) in [5.41, 5.74) is -0.0520. The van der Waals surface area contributed by atoms with Crippen LogP contribution in [0.5, 0.6) is 0 Å². The van der Waals surface area contributed by atoms with E-state index in [4.69, 9.17) is 0 Å². The van der Waals surface area contributed by atoms with Crippen LogP contribution in [0.25, 0.3) is 0 Å². The molecule has 0 radical (unpaired) electrons. The number of aryl methyl sites for hydroxylation is 1. The van der Waals surface area contributed by atoms with E-state index in [0.717, 1.165) is 31.2 Å².